The van der Waals surface area contributed by atoms with Gasteiger partial charge in [-0.1, -0.05) is 0 Å². The molecule has 20 heavy (non-hydrogen) atoms. The fourth-order valence-electron chi connectivity index (χ4n) is 3.50. The second-order valence-electron chi connectivity index (χ2n) is 7.13. The summed E-state index contributed by atoms with van der Waals surface area (Å²) in [5.74, 6) is 0. The van der Waals surface area contributed by atoms with E-state index >= 15 is 0 Å². The minimum Gasteiger partial charge on any atom is -0.444 e. The molecule has 0 aromatic rings. The third kappa shape index (κ3) is 3.26. The molecule has 2 aliphatic rings. The van der Waals surface area contributed by atoms with Crippen molar-refractivity contribution in [2.24, 2.45) is 5.41 Å². The highest BCUT2D eigenvalue weighted by Crippen LogP contribution is 2.52. The molecule has 1 heterocycles. The molecule has 0 radical (unpaired) electrons. The quantitative estimate of drug-likeness (QED) is 0.816. The standard InChI is InChI=1S/C15H27NO4/c1-13(2,3)20-12(17)16-11-15(18)6-4-5-14(15)7-9-19-10-8-14/h18H,4-11H2,1-3H3,(H,16,17). The molecule has 1 saturated carbocycles. The van der Waals surface area contributed by atoms with Gasteiger partial charge in [-0.3, -0.25) is 0 Å². The Hall–Kier alpha value is -0.810. The molecule has 1 atom stereocenters. The molecule has 0 aromatic carbocycles. The summed E-state index contributed by atoms with van der Waals surface area (Å²) in [4.78, 5) is 11.8. The highest BCUT2D eigenvalue weighted by atomic mass is 16.6. The highest BCUT2D eigenvalue weighted by molar-refractivity contribution is 5.67. The number of aliphatic hydroxyl groups is 1. The van der Waals surface area contributed by atoms with E-state index in [1.54, 1.807) is 0 Å². The summed E-state index contributed by atoms with van der Waals surface area (Å²) in [6.45, 7) is 7.16. The van der Waals surface area contributed by atoms with Gasteiger partial charge in [-0.05, 0) is 52.9 Å². The lowest BCUT2D eigenvalue weighted by molar-refractivity contribution is -0.111. The molecule has 1 spiro atoms. The normalized spacial score (nSPS) is 29.4. The van der Waals surface area contributed by atoms with E-state index in [0.717, 1.165) is 32.1 Å². The van der Waals surface area contributed by atoms with E-state index in [1.807, 2.05) is 20.8 Å². The van der Waals surface area contributed by atoms with Crippen LogP contribution in [0.1, 0.15) is 52.9 Å². The van der Waals surface area contributed by atoms with Gasteiger partial charge in [0, 0.05) is 18.6 Å². The molecule has 0 aromatic heterocycles. The molecule has 2 N–H and O–H groups in total. The van der Waals surface area contributed by atoms with Gasteiger partial charge >= 0.3 is 6.09 Å². The Labute approximate surface area is 121 Å². The van der Waals surface area contributed by atoms with E-state index in [4.69, 9.17) is 9.47 Å². The van der Waals surface area contributed by atoms with Crippen molar-refractivity contribution >= 4 is 6.09 Å². The van der Waals surface area contributed by atoms with Crippen molar-refractivity contribution in [3.63, 3.8) is 0 Å². The maximum absolute atomic E-state index is 11.8. The third-order valence-electron chi connectivity index (χ3n) is 4.61. The molecule has 116 valence electrons. The van der Waals surface area contributed by atoms with Gasteiger partial charge in [0.2, 0.25) is 0 Å². The first kappa shape index (κ1) is 15.6. The molecule has 5 heteroatoms. The van der Waals surface area contributed by atoms with E-state index in [1.165, 1.54) is 0 Å². The number of nitrogens with one attached hydrogen (secondary N) is 1. The lowest BCUT2D eigenvalue weighted by atomic mass is 9.69. The zero-order valence-electron chi connectivity index (χ0n) is 12.8. The van der Waals surface area contributed by atoms with Crippen molar-refractivity contribution in [3.05, 3.63) is 0 Å². The van der Waals surface area contributed by atoms with E-state index in [2.05, 4.69) is 5.32 Å². The van der Waals surface area contributed by atoms with Crippen molar-refractivity contribution in [3.8, 4) is 0 Å². The summed E-state index contributed by atoms with van der Waals surface area (Å²) >= 11 is 0. The molecule has 1 aliphatic heterocycles. The monoisotopic (exact) mass is 285 g/mol. The summed E-state index contributed by atoms with van der Waals surface area (Å²) in [6, 6.07) is 0. The Balaban J connectivity index is 1.94. The Morgan fingerprint density at radius 2 is 1.90 bits per heavy atom. The van der Waals surface area contributed by atoms with Gasteiger partial charge in [0.1, 0.15) is 5.60 Å². The highest BCUT2D eigenvalue weighted by Gasteiger charge is 2.54. The second-order valence-corrected chi connectivity index (χ2v) is 7.13. The summed E-state index contributed by atoms with van der Waals surface area (Å²) in [5, 5.41) is 13.7. The summed E-state index contributed by atoms with van der Waals surface area (Å²) in [6.07, 6.45) is 4.05. The van der Waals surface area contributed by atoms with Crippen LogP contribution in [-0.2, 0) is 9.47 Å². The number of rotatable bonds is 2. The number of carbonyl (C=O) groups is 1. The second kappa shape index (κ2) is 5.53. The number of alkyl carbamates (subject to hydrolysis) is 1. The summed E-state index contributed by atoms with van der Waals surface area (Å²) in [7, 11) is 0. The molecular weight excluding hydrogens is 258 g/mol. The summed E-state index contributed by atoms with van der Waals surface area (Å²) in [5.41, 5.74) is -1.44. The molecule has 1 saturated heterocycles. The number of amides is 1. The average molecular weight is 285 g/mol. The first-order valence-electron chi connectivity index (χ1n) is 7.53. The minimum atomic E-state index is -0.826. The molecule has 2 fully saturated rings. The maximum atomic E-state index is 11.8. The number of hydrogen-bond acceptors (Lipinski definition) is 4. The minimum absolute atomic E-state index is 0.0970. The lowest BCUT2D eigenvalue weighted by Gasteiger charge is -2.45. The fraction of sp³-hybridized carbons (Fsp3) is 0.933. The lowest BCUT2D eigenvalue weighted by Crippen LogP contribution is -2.54. The van der Waals surface area contributed by atoms with E-state index in [9.17, 15) is 9.90 Å². The van der Waals surface area contributed by atoms with E-state index in [0.29, 0.717) is 13.2 Å². The van der Waals surface area contributed by atoms with Gasteiger partial charge in [-0.25, -0.2) is 4.79 Å². The molecular formula is C15H27NO4. The topological polar surface area (TPSA) is 67.8 Å². The van der Waals surface area contributed by atoms with Crippen LogP contribution in [0.25, 0.3) is 0 Å². The molecule has 1 unspecified atom stereocenters. The van der Waals surface area contributed by atoms with Crippen LogP contribution in [0.3, 0.4) is 0 Å². The fourth-order valence-corrected chi connectivity index (χ4v) is 3.50. The van der Waals surface area contributed by atoms with Gasteiger partial charge in [-0.2, -0.15) is 0 Å². The van der Waals surface area contributed by atoms with Crippen LogP contribution in [0, 0.1) is 5.41 Å². The van der Waals surface area contributed by atoms with Gasteiger partial charge in [0.05, 0.1) is 12.1 Å². The van der Waals surface area contributed by atoms with Gasteiger partial charge in [0.25, 0.3) is 0 Å². The van der Waals surface area contributed by atoms with Gasteiger partial charge < -0.3 is 19.9 Å². The third-order valence-corrected chi connectivity index (χ3v) is 4.61. The van der Waals surface area contributed by atoms with E-state index < -0.39 is 17.3 Å². The van der Waals surface area contributed by atoms with Crippen molar-refractivity contribution in [1.29, 1.82) is 0 Å². The molecule has 1 aliphatic carbocycles. The Bertz CT molecular complexity index is 357. The van der Waals surface area contributed by atoms with Gasteiger partial charge in [0.15, 0.2) is 0 Å². The number of hydrogen-bond donors (Lipinski definition) is 2. The number of ether oxygens (including phenoxy) is 2. The average Bonchev–Trinajstić information content (AvgIpc) is 2.64. The smallest absolute Gasteiger partial charge is 0.407 e. The first-order chi connectivity index (χ1) is 9.27. The Morgan fingerprint density at radius 3 is 2.50 bits per heavy atom. The first-order valence-corrected chi connectivity index (χ1v) is 7.53. The van der Waals surface area contributed by atoms with Crippen molar-refractivity contribution in [1.82, 2.24) is 5.32 Å². The zero-order valence-corrected chi connectivity index (χ0v) is 12.8. The summed E-state index contributed by atoms with van der Waals surface area (Å²) < 4.78 is 10.7. The van der Waals surface area contributed by atoms with E-state index in [-0.39, 0.29) is 12.0 Å². The Morgan fingerprint density at radius 1 is 1.25 bits per heavy atom. The van der Waals surface area contributed by atoms with Crippen LogP contribution in [0.15, 0.2) is 0 Å². The SMILES string of the molecule is CC(C)(C)OC(=O)NCC1(O)CCCC12CCOCC2. The zero-order chi connectivity index (χ0) is 14.9. The van der Waals surface area contributed by atoms with Crippen molar-refractivity contribution in [2.45, 2.75) is 64.1 Å². The predicted molar refractivity (Wildman–Crippen MR) is 75.5 cm³/mol. The molecule has 1 amide bonds. The molecule has 5 nitrogen and oxygen atoms in total. The van der Waals surface area contributed by atoms with Crippen LogP contribution in [-0.4, -0.2) is 42.2 Å². The van der Waals surface area contributed by atoms with Crippen LogP contribution in [0.2, 0.25) is 0 Å². The maximum Gasteiger partial charge on any atom is 0.407 e. The molecule has 0 bridgehead atoms. The van der Waals surface area contributed by atoms with Crippen LogP contribution in [0.4, 0.5) is 4.79 Å². The Kier molecular flexibility index (Phi) is 4.30. The van der Waals surface area contributed by atoms with Crippen LogP contribution in [0.5, 0.6) is 0 Å². The van der Waals surface area contributed by atoms with Gasteiger partial charge in [-0.15, -0.1) is 0 Å². The largest absolute Gasteiger partial charge is 0.444 e. The van der Waals surface area contributed by atoms with Crippen molar-refractivity contribution < 1.29 is 19.4 Å². The van der Waals surface area contributed by atoms with Crippen LogP contribution >= 0.6 is 0 Å². The van der Waals surface area contributed by atoms with Crippen molar-refractivity contribution in [2.75, 3.05) is 19.8 Å². The predicted octanol–water partition coefficient (Wildman–Crippen LogP) is 2.22. The molecule has 2 rings (SSSR count). The number of carbonyl (C=O) groups excluding carboxylic acids is 1. The van der Waals surface area contributed by atoms with Crippen LogP contribution < -0.4 is 5.32 Å².